The van der Waals surface area contributed by atoms with E-state index in [0.29, 0.717) is 39.0 Å². The van der Waals surface area contributed by atoms with Crippen molar-refractivity contribution in [3.8, 4) is 0 Å². The Morgan fingerprint density at radius 3 is 2.02 bits per heavy atom. The Hall–Kier alpha value is -4.86. The van der Waals surface area contributed by atoms with E-state index < -0.39 is 72.9 Å². The van der Waals surface area contributed by atoms with Gasteiger partial charge >= 0.3 is 12.1 Å². The molecule has 0 bridgehead atoms. The van der Waals surface area contributed by atoms with Crippen molar-refractivity contribution < 1.29 is 52.6 Å². The number of unbranched alkanes of at least 4 members (excludes halogenated alkanes) is 2. The molecule has 2 aliphatic heterocycles. The molecular formula is C44H56N4O11. The number of azide groups is 1. The number of aliphatic hydroxyl groups is 1. The Bertz CT molecular complexity index is 1800. The van der Waals surface area contributed by atoms with Gasteiger partial charge in [0.25, 0.3) is 0 Å². The summed E-state index contributed by atoms with van der Waals surface area (Å²) in [6, 6.07) is 27.7. The van der Waals surface area contributed by atoms with Gasteiger partial charge in [-0.3, -0.25) is 9.59 Å². The Kier molecular flexibility index (Phi) is 17.7. The molecule has 5 rings (SSSR count). The summed E-state index contributed by atoms with van der Waals surface area (Å²) in [5.41, 5.74) is 12.3. The van der Waals surface area contributed by atoms with Gasteiger partial charge in [0.05, 0.1) is 24.9 Å². The Morgan fingerprint density at radius 2 is 1.42 bits per heavy atom. The highest BCUT2D eigenvalue weighted by Crippen LogP contribution is 2.37. The zero-order valence-electron chi connectivity index (χ0n) is 34.1. The highest BCUT2D eigenvalue weighted by atomic mass is 16.7. The number of rotatable bonds is 20. The molecule has 15 heteroatoms. The maximum atomic E-state index is 13.2. The summed E-state index contributed by atoms with van der Waals surface area (Å²) in [5, 5.41) is 15.3. The van der Waals surface area contributed by atoms with E-state index >= 15 is 0 Å². The molecule has 0 spiro atoms. The van der Waals surface area contributed by atoms with Crippen LogP contribution in [0.2, 0.25) is 0 Å². The van der Waals surface area contributed by atoms with Crippen LogP contribution in [0.4, 0.5) is 4.79 Å². The van der Waals surface area contributed by atoms with E-state index in [-0.39, 0.29) is 19.3 Å². The van der Waals surface area contributed by atoms with Crippen molar-refractivity contribution in [3.05, 3.63) is 118 Å². The van der Waals surface area contributed by atoms with E-state index in [0.717, 1.165) is 23.1 Å². The maximum Gasteiger partial charge on any atom is 0.410 e. The lowest BCUT2D eigenvalue weighted by molar-refractivity contribution is -0.338. The number of aliphatic hydroxyl groups excluding tert-OH is 1. The molecule has 2 fully saturated rings. The van der Waals surface area contributed by atoms with Gasteiger partial charge in [-0.15, -0.1) is 0 Å². The van der Waals surface area contributed by atoms with E-state index in [1.165, 1.54) is 13.8 Å². The second kappa shape index (κ2) is 23.1. The van der Waals surface area contributed by atoms with E-state index in [9.17, 15) is 25.0 Å². The van der Waals surface area contributed by atoms with Gasteiger partial charge in [-0.05, 0) is 60.7 Å². The third kappa shape index (κ3) is 13.1. The third-order valence-corrected chi connectivity index (χ3v) is 10.4. The lowest BCUT2D eigenvalue weighted by Crippen LogP contribution is -2.64. The summed E-state index contributed by atoms with van der Waals surface area (Å²) in [6.07, 6.45) is -6.66. The summed E-state index contributed by atoms with van der Waals surface area (Å²) < 4.78 is 42.6. The molecule has 3 aromatic rings. The van der Waals surface area contributed by atoms with Gasteiger partial charge < -0.3 is 43.2 Å². The van der Waals surface area contributed by atoms with E-state index in [2.05, 4.69) is 10.0 Å². The molecule has 1 N–H and O–H groups in total. The Labute approximate surface area is 345 Å². The first-order valence-electron chi connectivity index (χ1n) is 20.2. The quantitative estimate of drug-likeness (QED) is 0.0405. The standard InChI is InChI=1S/C44H56N4O11/c1-5-35-38(58-43-41(56-31(4)50)40(37(51)39(59-43)30(3)49)54-27-33-20-12-7-13-21-33)29(2)36(46-47-45)42(57-35)53-25-17-9-16-24-48(26-32-18-10-6-11-19-32)44(52)55-28-34-22-14-8-15-23-34/h6-8,10-15,18-23,29,35-43,51H,5,9,16-17,24-28H2,1-4H3/t29-,35?,36?,37-,38+,39?,40?,41+,42+,43-/m1/s1. The van der Waals surface area contributed by atoms with Crippen LogP contribution in [0.15, 0.2) is 96.1 Å². The number of nitrogens with zero attached hydrogens (tertiary/aromatic N) is 4. The van der Waals surface area contributed by atoms with Crippen molar-refractivity contribution >= 4 is 17.8 Å². The van der Waals surface area contributed by atoms with Crippen LogP contribution in [0.25, 0.3) is 10.4 Å². The molecule has 2 heterocycles. The van der Waals surface area contributed by atoms with Gasteiger partial charge in [0.1, 0.15) is 24.9 Å². The van der Waals surface area contributed by atoms with Crippen LogP contribution in [-0.4, -0.2) is 96.2 Å². The minimum Gasteiger partial charge on any atom is -0.454 e. The molecule has 4 unspecified atom stereocenters. The molecule has 318 valence electrons. The van der Waals surface area contributed by atoms with Gasteiger partial charge in [-0.1, -0.05) is 110 Å². The Balaban J connectivity index is 1.20. The maximum absolute atomic E-state index is 13.2. The van der Waals surface area contributed by atoms with Crippen molar-refractivity contribution in [2.45, 2.75) is 128 Å². The number of carbonyl (C=O) groups is 3. The van der Waals surface area contributed by atoms with Crippen molar-refractivity contribution in [1.29, 1.82) is 0 Å². The van der Waals surface area contributed by atoms with Gasteiger partial charge in [0.15, 0.2) is 24.5 Å². The van der Waals surface area contributed by atoms with Gasteiger partial charge in [-0.2, -0.15) is 0 Å². The average molecular weight is 817 g/mol. The monoisotopic (exact) mass is 816 g/mol. The van der Waals surface area contributed by atoms with Crippen LogP contribution < -0.4 is 0 Å². The fourth-order valence-corrected chi connectivity index (χ4v) is 7.34. The van der Waals surface area contributed by atoms with Crippen molar-refractivity contribution in [1.82, 2.24) is 4.90 Å². The number of amides is 1. The van der Waals surface area contributed by atoms with Crippen LogP contribution in [0, 0.1) is 5.92 Å². The zero-order valence-corrected chi connectivity index (χ0v) is 34.1. The number of carbonyl (C=O) groups excluding carboxylic acids is 3. The molecular weight excluding hydrogens is 761 g/mol. The van der Waals surface area contributed by atoms with Crippen LogP contribution in [0.1, 0.15) is 70.1 Å². The molecule has 0 aromatic heterocycles. The van der Waals surface area contributed by atoms with Crippen LogP contribution in [0.5, 0.6) is 0 Å². The largest absolute Gasteiger partial charge is 0.454 e. The molecule has 1 amide bonds. The Morgan fingerprint density at radius 1 is 0.797 bits per heavy atom. The van der Waals surface area contributed by atoms with Gasteiger partial charge in [0, 0.05) is 31.5 Å². The lowest BCUT2D eigenvalue weighted by atomic mass is 9.87. The summed E-state index contributed by atoms with van der Waals surface area (Å²) in [5.74, 6) is -1.62. The third-order valence-electron chi connectivity index (χ3n) is 10.4. The predicted octanol–water partition coefficient (Wildman–Crippen LogP) is 7.04. The van der Waals surface area contributed by atoms with Crippen LogP contribution in [0.3, 0.4) is 0 Å². The molecule has 2 aliphatic rings. The van der Waals surface area contributed by atoms with E-state index in [4.69, 9.17) is 33.2 Å². The lowest BCUT2D eigenvalue weighted by Gasteiger charge is -2.48. The number of Topliss-reactive ketones (excluding diaryl/α,β-unsaturated/α-hetero) is 1. The molecule has 10 atom stereocenters. The molecule has 0 aliphatic carbocycles. The average Bonchev–Trinajstić information content (AvgIpc) is 3.24. The second-order valence-corrected chi connectivity index (χ2v) is 14.8. The fraction of sp³-hybridized carbons (Fsp3) is 0.523. The number of ketones is 1. The first kappa shape index (κ1) is 45.2. The number of esters is 1. The number of hydrogen-bond donors (Lipinski definition) is 1. The summed E-state index contributed by atoms with van der Waals surface area (Å²) in [7, 11) is 0. The van der Waals surface area contributed by atoms with Crippen LogP contribution in [-0.2, 0) is 62.5 Å². The number of ether oxygens (including phenoxy) is 7. The van der Waals surface area contributed by atoms with Crippen molar-refractivity contribution in [2.75, 3.05) is 13.2 Å². The van der Waals surface area contributed by atoms with Crippen LogP contribution >= 0.6 is 0 Å². The molecule has 0 saturated carbocycles. The number of benzene rings is 3. The normalized spacial score (nSPS) is 26.6. The molecule has 3 aromatic carbocycles. The predicted molar refractivity (Wildman–Crippen MR) is 215 cm³/mol. The molecule has 2 saturated heterocycles. The smallest absolute Gasteiger partial charge is 0.410 e. The topological polar surface area (TPSA) is 188 Å². The van der Waals surface area contributed by atoms with Gasteiger partial charge in [0.2, 0.25) is 0 Å². The first-order chi connectivity index (χ1) is 28.6. The first-order valence-corrected chi connectivity index (χ1v) is 20.2. The fourth-order valence-electron chi connectivity index (χ4n) is 7.34. The second-order valence-electron chi connectivity index (χ2n) is 14.8. The highest BCUT2D eigenvalue weighted by molar-refractivity contribution is 5.81. The van der Waals surface area contributed by atoms with E-state index in [1.54, 1.807) is 4.90 Å². The minimum atomic E-state index is -1.46. The SMILES string of the molecule is CCC1O[C@H](OCCCCCN(Cc2ccccc2)C(=O)OCc2ccccc2)C(N=[N+]=[N-])[C@@H](C)[C@@H]1O[C@@H]1OC(C(C)=O)[C@@H](O)C(OCc2ccccc2)[C@@H]1OC(C)=O. The molecule has 59 heavy (non-hydrogen) atoms. The summed E-state index contributed by atoms with van der Waals surface area (Å²) in [4.78, 5) is 43.0. The molecule has 15 nitrogen and oxygen atoms in total. The van der Waals surface area contributed by atoms with E-state index in [1.807, 2.05) is 105 Å². The summed E-state index contributed by atoms with van der Waals surface area (Å²) in [6.45, 7) is 7.69. The van der Waals surface area contributed by atoms with Gasteiger partial charge in [-0.25, -0.2) is 4.79 Å². The molecule has 0 radical (unpaired) electrons. The van der Waals surface area contributed by atoms with Crippen molar-refractivity contribution in [2.24, 2.45) is 11.0 Å². The van der Waals surface area contributed by atoms with Crippen molar-refractivity contribution in [3.63, 3.8) is 0 Å². The highest BCUT2D eigenvalue weighted by Gasteiger charge is 2.53. The zero-order chi connectivity index (χ0) is 42.1. The summed E-state index contributed by atoms with van der Waals surface area (Å²) >= 11 is 0. The minimum absolute atomic E-state index is 0.0589. The number of hydrogen-bond acceptors (Lipinski definition) is 12.